The zero-order valence-corrected chi connectivity index (χ0v) is 9.93. The molecule has 0 saturated heterocycles. The summed E-state index contributed by atoms with van der Waals surface area (Å²) in [4.78, 5) is 17.7. The van der Waals surface area contributed by atoms with E-state index in [0.29, 0.717) is 12.4 Å². The van der Waals surface area contributed by atoms with E-state index >= 15 is 0 Å². The first-order chi connectivity index (χ1) is 8.72. The van der Waals surface area contributed by atoms with Gasteiger partial charge in [-0.3, -0.25) is 4.79 Å². The molecular formula is C12H14N4O2. The minimum absolute atomic E-state index is 0.0763. The Kier molecular flexibility index (Phi) is 3.47. The first kappa shape index (κ1) is 12.0. The molecule has 0 amide bonds. The van der Waals surface area contributed by atoms with Crippen molar-refractivity contribution < 1.29 is 4.74 Å². The van der Waals surface area contributed by atoms with Crippen LogP contribution < -0.4 is 21.3 Å². The van der Waals surface area contributed by atoms with Crippen molar-refractivity contribution in [2.75, 3.05) is 18.2 Å². The molecule has 0 radical (unpaired) electrons. The number of H-pyrrole nitrogens is 1. The van der Waals surface area contributed by atoms with Crippen LogP contribution in [0.4, 0.5) is 11.5 Å². The molecule has 0 aliphatic carbocycles. The van der Waals surface area contributed by atoms with E-state index in [9.17, 15) is 4.79 Å². The summed E-state index contributed by atoms with van der Waals surface area (Å²) in [5.74, 6) is 1.14. The van der Waals surface area contributed by atoms with E-state index in [0.717, 1.165) is 11.3 Å². The maximum Gasteiger partial charge on any atom is 0.276 e. The number of nitrogens with one attached hydrogen (secondary N) is 2. The maximum atomic E-state index is 11.3. The molecule has 2 rings (SSSR count). The van der Waals surface area contributed by atoms with Gasteiger partial charge in [-0.05, 0) is 6.07 Å². The quantitative estimate of drug-likeness (QED) is 0.747. The zero-order valence-electron chi connectivity index (χ0n) is 9.93. The Hall–Kier alpha value is -2.50. The Bertz CT molecular complexity index is 595. The van der Waals surface area contributed by atoms with Crippen LogP contribution in [0.25, 0.3) is 0 Å². The van der Waals surface area contributed by atoms with E-state index in [-0.39, 0.29) is 11.2 Å². The highest BCUT2D eigenvalue weighted by molar-refractivity contribution is 5.59. The van der Waals surface area contributed by atoms with E-state index in [4.69, 9.17) is 10.5 Å². The summed E-state index contributed by atoms with van der Waals surface area (Å²) in [6.07, 6.45) is 1.31. The number of para-hydroxylation sites is 1. The van der Waals surface area contributed by atoms with E-state index in [1.807, 2.05) is 24.3 Å². The molecule has 94 valence electrons. The van der Waals surface area contributed by atoms with Crippen LogP contribution in [-0.4, -0.2) is 17.1 Å². The number of benzene rings is 1. The highest BCUT2D eigenvalue weighted by atomic mass is 16.5. The normalized spacial score (nSPS) is 10.1. The fourth-order valence-electron chi connectivity index (χ4n) is 1.58. The molecule has 0 unspecified atom stereocenters. The van der Waals surface area contributed by atoms with Crippen molar-refractivity contribution in [3.63, 3.8) is 0 Å². The van der Waals surface area contributed by atoms with Crippen molar-refractivity contribution in [1.82, 2.24) is 9.97 Å². The summed E-state index contributed by atoms with van der Waals surface area (Å²) >= 11 is 0. The van der Waals surface area contributed by atoms with Gasteiger partial charge in [-0.2, -0.15) is 0 Å². The number of nitrogens with two attached hydrogens (primary N) is 1. The number of aromatic amines is 1. The van der Waals surface area contributed by atoms with Crippen LogP contribution in [0.3, 0.4) is 0 Å². The molecule has 0 spiro atoms. The van der Waals surface area contributed by atoms with Crippen molar-refractivity contribution in [1.29, 1.82) is 0 Å². The van der Waals surface area contributed by atoms with Crippen LogP contribution in [0, 0.1) is 0 Å². The topological polar surface area (TPSA) is 93.0 Å². The smallest absolute Gasteiger partial charge is 0.276 e. The first-order valence-electron chi connectivity index (χ1n) is 5.41. The molecule has 1 heterocycles. The van der Waals surface area contributed by atoms with Gasteiger partial charge < -0.3 is 20.8 Å². The third kappa shape index (κ3) is 2.42. The Morgan fingerprint density at radius 1 is 1.44 bits per heavy atom. The summed E-state index contributed by atoms with van der Waals surface area (Å²) in [7, 11) is 1.61. The van der Waals surface area contributed by atoms with Gasteiger partial charge in [0, 0.05) is 12.1 Å². The Morgan fingerprint density at radius 2 is 2.22 bits per heavy atom. The van der Waals surface area contributed by atoms with Crippen molar-refractivity contribution in [2.45, 2.75) is 6.54 Å². The average molecular weight is 246 g/mol. The third-order valence-electron chi connectivity index (χ3n) is 2.53. The number of hydrogen-bond acceptors (Lipinski definition) is 5. The monoisotopic (exact) mass is 246 g/mol. The van der Waals surface area contributed by atoms with Gasteiger partial charge in [0.1, 0.15) is 11.4 Å². The molecule has 18 heavy (non-hydrogen) atoms. The number of hydrogen-bond donors (Lipinski definition) is 3. The number of anilines is 2. The summed E-state index contributed by atoms with van der Waals surface area (Å²) < 4.78 is 5.23. The van der Waals surface area contributed by atoms with Crippen LogP contribution >= 0.6 is 0 Å². The SMILES string of the molecule is COc1ccccc1CNc1nc[nH]c(=O)c1N. The second-order valence-corrected chi connectivity index (χ2v) is 3.66. The van der Waals surface area contributed by atoms with Gasteiger partial charge in [-0.25, -0.2) is 4.98 Å². The molecule has 0 bridgehead atoms. The predicted octanol–water partition coefficient (Wildman–Crippen LogP) is 0.973. The zero-order chi connectivity index (χ0) is 13.0. The van der Waals surface area contributed by atoms with E-state index in [2.05, 4.69) is 15.3 Å². The van der Waals surface area contributed by atoms with Crippen molar-refractivity contribution in [3.05, 3.63) is 46.5 Å². The number of nitrogens with zero attached hydrogens (tertiary/aromatic N) is 1. The second kappa shape index (κ2) is 5.22. The van der Waals surface area contributed by atoms with Crippen LogP contribution in [0.1, 0.15) is 5.56 Å². The van der Waals surface area contributed by atoms with Gasteiger partial charge in [0.15, 0.2) is 5.82 Å². The minimum Gasteiger partial charge on any atom is -0.496 e. The van der Waals surface area contributed by atoms with Gasteiger partial charge in [-0.15, -0.1) is 0 Å². The molecule has 0 aliphatic rings. The Morgan fingerprint density at radius 3 is 3.00 bits per heavy atom. The number of rotatable bonds is 4. The molecule has 6 nitrogen and oxygen atoms in total. The standard InChI is InChI=1S/C12H14N4O2/c1-18-9-5-3-2-4-8(9)6-14-11-10(13)12(17)16-7-15-11/h2-5,7H,6,13H2,1H3,(H2,14,15,16,17). The molecule has 6 heteroatoms. The fourth-order valence-corrected chi connectivity index (χ4v) is 1.58. The number of nitrogen functional groups attached to an aromatic ring is 1. The number of aromatic nitrogens is 2. The highest BCUT2D eigenvalue weighted by Gasteiger charge is 2.06. The molecule has 0 aliphatic heterocycles. The van der Waals surface area contributed by atoms with Gasteiger partial charge in [-0.1, -0.05) is 18.2 Å². The lowest BCUT2D eigenvalue weighted by Crippen LogP contribution is -2.16. The summed E-state index contributed by atoms with van der Waals surface area (Å²) in [6.45, 7) is 0.477. The molecule has 4 N–H and O–H groups in total. The molecule has 1 aromatic carbocycles. The van der Waals surface area contributed by atoms with E-state index in [1.54, 1.807) is 7.11 Å². The number of methoxy groups -OCH3 is 1. The number of ether oxygens (including phenoxy) is 1. The van der Waals surface area contributed by atoms with E-state index < -0.39 is 0 Å². The van der Waals surface area contributed by atoms with Crippen LogP contribution in [0.2, 0.25) is 0 Å². The Balaban J connectivity index is 2.16. The van der Waals surface area contributed by atoms with Gasteiger partial charge in [0.25, 0.3) is 5.56 Å². The van der Waals surface area contributed by atoms with E-state index in [1.165, 1.54) is 6.33 Å². The molecule has 1 aromatic heterocycles. The summed E-state index contributed by atoms with van der Waals surface area (Å²) in [5, 5.41) is 3.01. The molecule has 0 fully saturated rings. The van der Waals surface area contributed by atoms with Crippen LogP contribution in [-0.2, 0) is 6.54 Å². The van der Waals surface area contributed by atoms with Gasteiger partial charge in [0.2, 0.25) is 0 Å². The second-order valence-electron chi connectivity index (χ2n) is 3.66. The molecule has 2 aromatic rings. The van der Waals surface area contributed by atoms with Crippen molar-refractivity contribution >= 4 is 11.5 Å². The summed E-state index contributed by atoms with van der Waals surface area (Å²) in [5.41, 5.74) is 6.30. The minimum atomic E-state index is -0.354. The lowest BCUT2D eigenvalue weighted by molar-refractivity contribution is 0.410. The first-order valence-corrected chi connectivity index (χ1v) is 5.41. The lowest BCUT2D eigenvalue weighted by Gasteiger charge is -2.10. The highest BCUT2D eigenvalue weighted by Crippen LogP contribution is 2.19. The molecule has 0 atom stereocenters. The Labute approximate surface area is 104 Å². The lowest BCUT2D eigenvalue weighted by atomic mass is 10.2. The van der Waals surface area contributed by atoms with Gasteiger partial charge in [0.05, 0.1) is 13.4 Å². The third-order valence-corrected chi connectivity index (χ3v) is 2.53. The fraction of sp³-hybridized carbons (Fsp3) is 0.167. The molecular weight excluding hydrogens is 232 g/mol. The van der Waals surface area contributed by atoms with Crippen LogP contribution in [0.5, 0.6) is 5.75 Å². The molecule has 0 saturated carbocycles. The van der Waals surface area contributed by atoms with Crippen molar-refractivity contribution in [3.8, 4) is 5.75 Å². The summed E-state index contributed by atoms with van der Waals surface area (Å²) in [6, 6.07) is 7.59. The van der Waals surface area contributed by atoms with Crippen LogP contribution in [0.15, 0.2) is 35.4 Å². The van der Waals surface area contributed by atoms with Gasteiger partial charge >= 0.3 is 0 Å². The largest absolute Gasteiger partial charge is 0.496 e. The predicted molar refractivity (Wildman–Crippen MR) is 69.6 cm³/mol. The maximum absolute atomic E-state index is 11.3. The average Bonchev–Trinajstić information content (AvgIpc) is 2.41. The van der Waals surface area contributed by atoms with Crippen molar-refractivity contribution in [2.24, 2.45) is 0 Å².